The molecule has 108 valence electrons. The maximum atomic E-state index is 4.47. The fourth-order valence-corrected chi connectivity index (χ4v) is 2.87. The molecule has 1 fully saturated rings. The van der Waals surface area contributed by atoms with Gasteiger partial charge in [-0.3, -0.25) is 4.90 Å². The van der Waals surface area contributed by atoms with Gasteiger partial charge in [0.1, 0.15) is 5.82 Å². The Morgan fingerprint density at radius 3 is 2.58 bits per heavy atom. The second kappa shape index (κ2) is 6.06. The molecule has 1 aromatic heterocycles. The van der Waals surface area contributed by atoms with Crippen molar-refractivity contribution < 1.29 is 0 Å². The number of hydrogen-bond acceptors (Lipinski definition) is 3. The summed E-state index contributed by atoms with van der Waals surface area (Å²) < 4.78 is 2.13. The van der Waals surface area contributed by atoms with Gasteiger partial charge in [-0.25, -0.2) is 4.98 Å². The molecule has 2 unspecified atom stereocenters. The Kier molecular flexibility index (Phi) is 4.63. The maximum Gasteiger partial charge on any atom is 0.122 e. The quantitative estimate of drug-likeness (QED) is 0.901. The van der Waals surface area contributed by atoms with Gasteiger partial charge in [0.15, 0.2) is 0 Å². The first-order valence-corrected chi connectivity index (χ1v) is 7.42. The maximum absolute atomic E-state index is 4.47. The fraction of sp³-hybridized carbons (Fsp3) is 0.800. The van der Waals surface area contributed by atoms with E-state index in [9.17, 15) is 0 Å². The van der Waals surface area contributed by atoms with Crippen molar-refractivity contribution in [2.45, 2.75) is 46.3 Å². The highest BCUT2D eigenvalue weighted by Gasteiger charge is 2.31. The molecule has 1 saturated heterocycles. The zero-order valence-electron chi connectivity index (χ0n) is 12.9. The summed E-state index contributed by atoms with van der Waals surface area (Å²) in [4.78, 5) is 7.08. The minimum Gasteiger partial charge on any atom is -0.337 e. The van der Waals surface area contributed by atoms with E-state index in [-0.39, 0.29) is 0 Å². The van der Waals surface area contributed by atoms with Crippen LogP contribution in [0.2, 0.25) is 0 Å². The molecule has 19 heavy (non-hydrogen) atoms. The number of nitrogens with zero attached hydrogens (tertiary/aromatic N) is 3. The Bertz CT molecular complexity index is 397. The van der Waals surface area contributed by atoms with Crippen molar-refractivity contribution in [1.82, 2.24) is 19.8 Å². The number of piperazine rings is 1. The van der Waals surface area contributed by atoms with Crippen LogP contribution >= 0.6 is 0 Å². The summed E-state index contributed by atoms with van der Waals surface area (Å²) in [5.41, 5.74) is 0. The van der Waals surface area contributed by atoms with Gasteiger partial charge in [-0.2, -0.15) is 0 Å². The van der Waals surface area contributed by atoms with Crippen LogP contribution in [0.3, 0.4) is 0 Å². The molecule has 0 amide bonds. The lowest BCUT2D eigenvalue weighted by atomic mass is 9.94. The highest BCUT2D eigenvalue weighted by Crippen LogP contribution is 2.20. The fourth-order valence-electron chi connectivity index (χ4n) is 2.87. The van der Waals surface area contributed by atoms with E-state index in [4.69, 9.17) is 0 Å². The van der Waals surface area contributed by atoms with E-state index in [0.29, 0.717) is 23.9 Å². The van der Waals surface area contributed by atoms with Gasteiger partial charge in [0.25, 0.3) is 0 Å². The summed E-state index contributed by atoms with van der Waals surface area (Å²) in [5.74, 6) is 2.51. The van der Waals surface area contributed by atoms with Gasteiger partial charge in [-0.15, -0.1) is 0 Å². The molecule has 0 radical (unpaired) electrons. The third-order valence-corrected chi connectivity index (χ3v) is 4.33. The predicted octanol–water partition coefficient (Wildman–Crippen LogP) is 1.87. The first kappa shape index (κ1) is 14.5. The SMILES string of the molecule is CC(C)C1CN(Cc2nccn2C)C(C(C)C)CN1. The second-order valence-electron chi connectivity index (χ2n) is 6.45. The first-order chi connectivity index (χ1) is 8.99. The highest BCUT2D eigenvalue weighted by atomic mass is 15.3. The van der Waals surface area contributed by atoms with Crippen molar-refractivity contribution in [3.05, 3.63) is 18.2 Å². The number of aryl methyl sites for hydroxylation is 1. The summed E-state index contributed by atoms with van der Waals surface area (Å²) in [6, 6.07) is 1.20. The average Bonchev–Trinajstić information content (AvgIpc) is 2.74. The predicted molar refractivity (Wildman–Crippen MR) is 78.9 cm³/mol. The normalized spacial score (nSPS) is 25.4. The number of imidazole rings is 1. The van der Waals surface area contributed by atoms with Gasteiger partial charge in [-0.05, 0) is 11.8 Å². The lowest BCUT2D eigenvalue weighted by Crippen LogP contribution is -2.59. The Morgan fingerprint density at radius 2 is 2.05 bits per heavy atom. The molecule has 0 spiro atoms. The van der Waals surface area contributed by atoms with Crippen LogP contribution in [-0.2, 0) is 13.6 Å². The van der Waals surface area contributed by atoms with Crippen LogP contribution in [0.5, 0.6) is 0 Å². The third kappa shape index (κ3) is 3.37. The van der Waals surface area contributed by atoms with Crippen LogP contribution in [0, 0.1) is 11.8 Å². The third-order valence-electron chi connectivity index (χ3n) is 4.33. The molecular formula is C15H28N4. The van der Waals surface area contributed by atoms with Gasteiger partial charge < -0.3 is 9.88 Å². The van der Waals surface area contributed by atoms with Crippen LogP contribution < -0.4 is 5.32 Å². The number of rotatable bonds is 4. The zero-order chi connectivity index (χ0) is 14.0. The Hall–Kier alpha value is -0.870. The van der Waals surface area contributed by atoms with Crippen molar-refractivity contribution >= 4 is 0 Å². The van der Waals surface area contributed by atoms with Crippen molar-refractivity contribution in [1.29, 1.82) is 0 Å². The largest absolute Gasteiger partial charge is 0.337 e. The molecule has 1 aliphatic rings. The Morgan fingerprint density at radius 1 is 1.32 bits per heavy atom. The van der Waals surface area contributed by atoms with E-state index in [1.165, 1.54) is 0 Å². The minimum absolute atomic E-state index is 0.593. The zero-order valence-corrected chi connectivity index (χ0v) is 12.9. The van der Waals surface area contributed by atoms with Gasteiger partial charge in [0.2, 0.25) is 0 Å². The van der Waals surface area contributed by atoms with Gasteiger partial charge in [0, 0.05) is 44.6 Å². The van der Waals surface area contributed by atoms with Crippen molar-refractivity contribution in [2.75, 3.05) is 13.1 Å². The van der Waals surface area contributed by atoms with Crippen LogP contribution in [0.25, 0.3) is 0 Å². The molecule has 0 aromatic carbocycles. The lowest BCUT2D eigenvalue weighted by molar-refractivity contribution is 0.0752. The molecule has 1 aliphatic heterocycles. The summed E-state index contributed by atoms with van der Waals surface area (Å²) in [6.07, 6.45) is 3.92. The van der Waals surface area contributed by atoms with E-state index in [0.717, 1.165) is 25.5 Å². The van der Waals surface area contributed by atoms with Crippen molar-refractivity contribution in [3.8, 4) is 0 Å². The van der Waals surface area contributed by atoms with Gasteiger partial charge in [0.05, 0.1) is 6.54 Å². The molecule has 1 aromatic rings. The molecule has 2 heterocycles. The van der Waals surface area contributed by atoms with Crippen LogP contribution in [0.4, 0.5) is 0 Å². The molecule has 0 aliphatic carbocycles. The minimum atomic E-state index is 0.593. The second-order valence-corrected chi connectivity index (χ2v) is 6.45. The molecule has 2 rings (SSSR count). The van der Waals surface area contributed by atoms with Gasteiger partial charge >= 0.3 is 0 Å². The molecule has 4 heteroatoms. The summed E-state index contributed by atoms with van der Waals surface area (Å²) in [6.45, 7) is 12.4. The van der Waals surface area contributed by atoms with E-state index >= 15 is 0 Å². The van der Waals surface area contributed by atoms with E-state index in [1.54, 1.807) is 0 Å². The Labute approximate surface area is 117 Å². The number of aromatic nitrogens is 2. The standard InChI is InChI=1S/C15H28N4/c1-11(2)13-9-19(14(8-17-13)12(3)4)10-15-16-6-7-18(15)5/h6-7,11-14,17H,8-10H2,1-5H3. The number of nitrogens with one attached hydrogen (secondary N) is 1. The van der Waals surface area contributed by atoms with E-state index in [2.05, 4.69) is 54.5 Å². The van der Waals surface area contributed by atoms with Crippen LogP contribution in [-0.4, -0.2) is 39.6 Å². The molecule has 0 bridgehead atoms. The highest BCUT2D eigenvalue weighted by molar-refractivity contribution is 4.96. The molecule has 2 atom stereocenters. The monoisotopic (exact) mass is 264 g/mol. The topological polar surface area (TPSA) is 33.1 Å². The van der Waals surface area contributed by atoms with Gasteiger partial charge in [-0.1, -0.05) is 27.7 Å². The lowest BCUT2D eigenvalue weighted by Gasteiger charge is -2.43. The summed E-state index contributed by atoms with van der Waals surface area (Å²) in [7, 11) is 2.08. The van der Waals surface area contributed by atoms with Crippen molar-refractivity contribution in [3.63, 3.8) is 0 Å². The van der Waals surface area contributed by atoms with E-state index in [1.807, 2.05) is 12.4 Å². The average molecular weight is 264 g/mol. The first-order valence-electron chi connectivity index (χ1n) is 7.42. The molecule has 4 nitrogen and oxygen atoms in total. The molecule has 0 saturated carbocycles. The smallest absolute Gasteiger partial charge is 0.122 e. The summed E-state index contributed by atoms with van der Waals surface area (Å²) >= 11 is 0. The van der Waals surface area contributed by atoms with Crippen LogP contribution in [0.15, 0.2) is 12.4 Å². The number of hydrogen-bond donors (Lipinski definition) is 1. The Balaban J connectivity index is 2.09. The van der Waals surface area contributed by atoms with Crippen LogP contribution in [0.1, 0.15) is 33.5 Å². The molecular weight excluding hydrogens is 236 g/mol. The summed E-state index contributed by atoms with van der Waals surface area (Å²) in [5, 5.41) is 3.71. The molecule has 1 N–H and O–H groups in total. The van der Waals surface area contributed by atoms with Crippen molar-refractivity contribution in [2.24, 2.45) is 18.9 Å². The van der Waals surface area contributed by atoms with E-state index < -0.39 is 0 Å².